The third-order valence-electron chi connectivity index (χ3n) is 4.21. The summed E-state index contributed by atoms with van der Waals surface area (Å²) in [6, 6.07) is 0.974. The predicted octanol–water partition coefficient (Wildman–Crippen LogP) is 0.977. The van der Waals surface area contributed by atoms with Gasteiger partial charge in [0.05, 0.1) is 12.5 Å². The SMILES string of the molecule is CC(C)c1cc(C(F)(F)F)nc(N2CCN(C(=O)C[C@H](O)CN)CC2)n1. The Morgan fingerprint density at radius 3 is 2.38 bits per heavy atom. The number of aromatic nitrogens is 2. The van der Waals surface area contributed by atoms with Gasteiger partial charge in [-0.2, -0.15) is 13.2 Å². The number of piperazine rings is 1. The van der Waals surface area contributed by atoms with Gasteiger partial charge < -0.3 is 20.6 Å². The molecule has 3 N–H and O–H groups in total. The smallest absolute Gasteiger partial charge is 0.391 e. The molecule has 1 atom stereocenters. The first-order chi connectivity index (χ1) is 12.1. The lowest BCUT2D eigenvalue weighted by atomic mass is 10.1. The van der Waals surface area contributed by atoms with Crippen LogP contribution in [0.5, 0.6) is 0 Å². The van der Waals surface area contributed by atoms with Gasteiger partial charge in [0, 0.05) is 38.4 Å². The van der Waals surface area contributed by atoms with Gasteiger partial charge in [-0.25, -0.2) is 9.97 Å². The van der Waals surface area contributed by atoms with Crippen LogP contribution in [0.3, 0.4) is 0 Å². The van der Waals surface area contributed by atoms with Crippen molar-refractivity contribution in [1.29, 1.82) is 0 Å². The Bertz CT molecular complexity index is 631. The van der Waals surface area contributed by atoms with E-state index in [-0.39, 0.29) is 30.7 Å². The third-order valence-corrected chi connectivity index (χ3v) is 4.21. The number of rotatable bonds is 5. The number of nitrogens with two attached hydrogens (primary N) is 1. The fourth-order valence-corrected chi connectivity index (χ4v) is 2.61. The summed E-state index contributed by atoms with van der Waals surface area (Å²) in [6.45, 7) is 4.84. The average molecular weight is 375 g/mol. The number of aliphatic hydroxyl groups is 1. The fraction of sp³-hybridized carbons (Fsp3) is 0.688. The number of anilines is 1. The van der Waals surface area contributed by atoms with Gasteiger partial charge in [0.1, 0.15) is 5.69 Å². The van der Waals surface area contributed by atoms with Crippen molar-refractivity contribution >= 4 is 11.9 Å². The molecule has 146 valence electrons. The van der Waals surface area contributed by atoms with Crippen molar-refractivity contribution in [3.8, 4) is 0 Å². The number of carbonyl (C=O) groups excluding carboxylic acids is 1. The van der Waals surface area contributed by atoms with Crippen LogP contribution in [-0.2, 0) is 11.0 Å². The summed E-state index contributed by atoms with van der Waals surface area (Å²) in [4.78, 5) is 23.2. The van der Waals surface area contributed by atoms with Gasteiger partial charge >= 0.3 is 6.18 Å². The molecule has 2 heterocycles. The van der Waals surface area contributed by atoms with Crippen LogP contribution < -0.4 is 10.6 Å². The number of carbonyl (C=O) groups is 1. The molecule has 1 saturated heterocycles. The number of hydrogen-bond acceptors (Lipinski definition) is 6. The van der Waals surface area contributed by atoms with E-state index in [9.17, 15) is 23.1 Å². The quantitative estimate of drug-likeness (QED) is 0.797. The van der Waals surface area contributed by atoms with Crippen LogP contribution in [-0.4, -0.2) is 64.7 Å². The minimum Gasteiger partial charge on any atom is -0.391 e. The van der Waals surface area contributed by atoms with E-state index in [0.717, 1.165) is 6.07 Å². The van der Waals surface area contributed by atoms with Gasteiger partial charge in [-0.15, -0.1) is 0 Å². The second-order valence-electron chi connectivity index (χ2n) is 6.59. The van der Waals surface area contributed by atoms with Crippen molar-refractivity contribution in [2.24, 2.45) is 5.73 Å². The zero-order valence-electron chi connectivity index (χ0n) is 14.8. The summed E-state index contributed by atoms with van der Waals surface area (Å²) in [5, 5.41) is 9.47. The largest absolute Gasteiger partial charge is 0.433 e. The van der Waals surface area contributed by atoms with Crippen molar-refractivity contribution in [2.45, 2.75) is 38.5 Å². The average Bonchev–Trinajstić information content (AvgIpc) is 2.60. The van der Waals surface area contributed by atoms with E-state index in [1.165, 1.54) is 0 Å². The fourth-order valence-electron chi connectivity index (χ4n) is 2.61. The summed E-state index contributed by atoms with van der Waals surface area (Å²) >= 11 is 0. The minimum absolute atomic E-state index is 0.00174. The van der Waals surface area contributed by atoms with Crippen LogP contribution in [0, 0.1) is 0 Å². The Morgan fingerprint density at radius 1 is 1.27 bits per heavy atom. The zero-order chi connectivity index (χ0) is 19.5. The molecule has 1 aromatic rings. The molecule has 0 aromatic carbocycles. The van der Waals surface area contributed by atoms with Crippen molar-refractivity contribution in [2.75, 3.05) is 37.6 Å². The topological polar surface area (TPSA) is 95.6 Å². The van der Waals surface area contributed by atoms with Gasteiger partial charge in [0.25, 0.3) is 0 Å². The summed E-state index contributed by atoms with van der Waals surface area (Å²) in [6.07, 6.45) is -5.49. The third kappa shape index (κ3) is 5.04. The second kappa shape index (κ2) is 8.17. The van der Waals surface area contributed by atoms with Crippen molar-refractivity contribution in [1.82, 2.24) is 14.9 Å². The van der Waals surface area contributed by atoms with E-state index in [4.69, 9.17) is 5.73 Å². The lowest BCUT2D eigenvalue weighted by Gasteiger charge is -2.35. The number of amides is 1. The summed E-state index contributed by atoms with van der Waals surface area (Å²) < 4.78 is 39.3. The Morgan fingerprint density at radius 2 is 1.88 bits per heavy atom. The molecular formula is C16H24F3N5O2. The molecule has 0 aliphatic carbocycles. The molecule has 0 bridgehead atoms. The van der Waals surface area contributed by atoms with Gasteiger partial charge in [0.2, 0.25) is 11.9 Å². The van der Waals surface area contributed by atoms with Gasteiger partial charge in [0.15, 0.2) is 0 Å². The first-order valence-electron chi connectivity index (χ1n) is 8.48. The van der Waals surface area contributed by atoms with E-state index >= 15 is 0 Å². The maximum atomic E-state index is 13.1. The Hall–Kier alpha value is -1.94. The standard InChI is InChI=1S/C16H24F3N5O2/c1-10(2)12-8-13(16(17,18)19)22-15(21-12)24-5-3-23(4-6-24)14(26)7-11(25)9-20/h8,10-11,25H,3-7,9,20H2,1-2H3/t11-/m0/s1. The Kier molecular flexibility index (Phi) is 6.40. The molecule has 0 spiro atoms. The molecule has 1 amide bonds. The molecule has 0 radical (unpaired) electrons. The highest BCUT2D eigenvalue weighted by Crippen LogP contribution is 2.30. The van der Waals surface area contributed by atoms with Gasteiger partial charge in [-0.3, -0.25) is 4.79 Å². The molecule has 7 nitrogen and oxygen atoms in total. The first-order valence-corrected chi connectivity index (χ1v) is 8.48. The van der Waals surface area contributed by atoms with Crippen LogP contribution in [0.2, 0.25) is 0 Å². The summed E-state index contributed by atoms with van der Waals surface area (Å²) in [5.41, 5.74) is 4.66. The van der Waals surface area contributed by atoms with E-state index in [2.05, 4.69) is 9.97 Å². The van der Waals surface area contributed by atoms with Crippen LogP contribution in [0.4, 0.5) is 19.1 Å². The number of alkyl halides is 3. The zero-order valence-corrected chi connectivity index (χ0v) is 14.8. The highest BCUT2D eigenvalue weighted by molar-refractivity contribution is 5.77. The maximum absolute atomic E-state index is 13.1. The van der Waals surface area contributed by atoms with E-state index < -0.39 is 18.0 Å². The summed E-state index contributed by atoms with van der Waals surface area (Å²) in [7, 11) is 0. The lowest BCUT2D eigenvalue weighted by molar-refractivity contribution is -0.141. The molecule has 10 heteroatoms. The maximum Gasteiger partial charge on any atom is 0.433 e. The van der Waals surface area contributed by atoms with Gasteiger partial charge in [-0.1, -0.05) is 13.8 Å². The molecular weight excluding hydrogens is 351 g/mol. The minimum atomic E-state index is -4.54. The van der Waals surface area contributed by atoms with Gasteiger partial charge in [-0.05, 0) is 12.0 Å². The van der Waals surface area contributed by atoms with E-state index in [0.29, 0.717) is 31.9 Å². The number of hydrogen-bond donors (Lipinski definition) is 2. The highest BCUT2D eigenvalue weighted by atomic mass is 19.4. The molecule has 26 heavy (non-hydrogen) atoms. The Labute approximate surface area is 150 Å². The van der Waals surface area contributed by atoms with Crippen molar-refractivity contribution in [3.63, 3.8) is 0 Å². The lowest BCUT2D eigenvalue weighted by Crippen LogP contribution is -2.50. The predicted molar refractivity (Wildman–Crippen MR) is 89.6 cm³/mol. The molecule has 0 unspecified atom stereocenters. The monoisotopic (exact) mass is 375 g/mol. The second-order valence-corrected chi connectivity index (χ2v) is 6.59. The normalized spacial score (nSPS) is 16.9. The molecule has 2 rings (SSSR count). The number of halogens is 3. The van der Waals surface area contributed by atoms with Crippen molar-refractivity contribution < 1.29 is 23.1 Å². The number of nitrogens with zero attached hydrogens (tertiary/aromatic N) is 4. The highest BCUT2D eigenvalue weighted by Gasteiger charge is 2.35. The molecule has 0 saturated carbocycles. The van der Waals surface area contributed by atoms with Crippen LogP contribution >= 0.6 is 0 Å². The van der Waals surface area contributed by atoms with E-state index in [1.54, 1.807) is 23.6 Å². The molecule has 1 fully saturated rings. The van der Waals surface area contributed by atoms with Crippen LogP contribution in [0.25, 0.3) is 0 Å². The van der Waals surface area contributed by atoms with Crippen LogP contribution in [0.15, 0.2) is 6.07 Å². The first kappa shape index (κ1) is 20.4. The molecule has 1 aliphatic heterocycles. The van der Waals surface area contributed by atoms with Crippen molar-refractivity contribution in [3.05, 3.63) is 17.5 Å². The summed E-state index contributed by atoms with van der Waals surface area (Å²) in [5.74, 6) is -0.369. The van der Waals surface area contributed by atoms with Crippen LogP contribution in [0.1, 0.15) is 37.6 Å². The molecule has 1 aliphatic rings. The van der Waals surface area contributed by atoms with E-state index in [1.807, 2.05) is 0 Å². The Balaban J connectivity index is 2.11. The molecule has 1 aromatic heterocycles. The number of aliphatic hydroxyl groups excluding tert-OH is 1.